The molecule has 5 heteroatoms. The van der Waals surface area contributed by atoms with Gasteiger partial charge < -0.3 is 15.5 Å². The fourth-order valence-electron chi connectivity index (χ4n) is 2.22. The van der Waals surface area contributed by atoms with Crippen LogP contribution in [0.1, 0.15) is 39.5 Å². The van der Waals surface area contributed by atoms with Crippen LogP contribution >= 0.6 is 24.0 Å². The van der Waals surface area contributed by atoms with Crippen molar-refractivity contribution >= 4 is 29.9 Å². The van der Waals surface area contributed by atoms with Gasteiger partial charge in [0.1, 0.15) is 0 Å². The molecular formula is C14H31IN4. The molecule has 1 heterocycles. The number of likely N-dealkylation sites (tertiary alicyclic amines) is 1. The van der Waals surface area contributed by atoms with E-state index in [0.29, 0.717) is 0 Å². The van der Waals surface area contributed by atoms with Gasteiger partial charge in [0.15, 0.2) is 5.96 Å². The third-order valence-corrected chi connectivity index (χ3v) is 3.64. The summed E-state index contributed by atoms with van der Waals surface area (Å²) >= 11 is 0. The highest BCUT2D eigenvalue weighted by Gasteiger charge is 2.14. The minimum atomic E-state index is 0. The number of piperidine rings is 1. The predicted octanol–water partition coefficient (Wildman–Crippen LogP) is 2.30. The molecule has 19 heavy (non-hydrogen) atoms. The Morgan fingerprint density at radius 2 is 1.84 bits per heavy atom. The molecule has 2 N–H and O–H groups in total. The van der Waals surface area contributed by atoms with Crippen molar-refractivity contribution in [3.63, 3.8) is 0 Å². The highest BCUT2D eigenvalue weighted by Crippen LogP contribution is 2.14. The highest BCUT2D eigenvalue weighted by atomic mass is 127. The summed E-state index contributed by atoms with van der Waals surface area (Å²) in [6.07, 6.45) is 5.12. The predicted molar refractivity (Wildman–Crippen MR) is 94.5 cm³/mol. The molecule has 0 aliphatic carbocycles. The van der Waals surface area contributed by atoms with Gasteiger partial charge in [0.2, 0.25) is 0 Å². The number of aliphatic imine (C=N–C) groups is 1. The van der Waals surface area contributed by atoms with Crippen molar-refractivity contribution in [2.45, 2.75) is 39.5 Å². The SMILES string of the molecule is CCCCNC(=NC)NCCN1CCC(C)CC1.I. The number of guanidine groups is 1. The summed E-state index contributed by atoms with van der Waals surface area (Å²) in [7, 11) is 1.84. The first-order valence-electron chi connectivity index (χ1n) is 7.43. The van der Waals surface area contributed by atoms with Crippen LogP contribution in [0.2, 0.25) is 0 Å². The zero-order valence-electron chi connectivity index (χ0n) is 12.7. The smallest absolute Gasteiger partial charge is 0.191 e. The van der Waals surface area contributed by atoms with Gasteiger partial charge in [-0.1, -0.05) is 20.3 Å². The van der Waals surface area contributed by atoms with Crippen molar-refractivity contribution in [2.75, 3.05) is 39.8 Å². The number of halogens is 1. The maximum absolute atomic E-state index is 4.23. The molecule has 1 aliphatic heterocycles. The van der Waals surface area contributed by atoms with Gasteiger partial charge in [-0.2, -0.15) is 0 Å². The summed E-state index contributed by atoms with van der Waals surface area (Å²) in [5, 5.41) is 6.72. The van der Waals surface area contributed by atoms with Crippen LogP contribution in [0.5, 0.6) is 0 Å². The quantitative estimate of drug-likeness (QED) is 0.321. The minimum absolute atomic E-state index is 0. The van der Waals surface area contributed by atoms with Crippen LogP contribution in [0.15, 0.2) is 4.99 Å². The lowest BCUT2D eigenvalue weighted by Gasteiger charge is -2.30. The van der Waals surface area contributed by atoms with E-state index in [1.807, 2.05) is 7.05 Å². The van der Waals surface area contributed by atoms with Crippen LogP contribution in [0.4, 0.5) is 0 Å². The van der Waals surface area contributed by atoms with E-state index >= 15 is 0 Å². The monoisotopic (exact) mass is 382 g/mol. The number of nitrogens with one attached hydrogen (secondary N) is 2. The van der Waals surface area contributed by atoms with Gasteiger partial charge in [0, 0.05) is 26.7 Å². The second kappa shape index (κ2) is 11.8. The third-order valence-electron chi connectivity index (χ3n) is 3.64. The average molecular weight is 382 g/mol. The lowest BCUT2D eigenvalue weighted by Crippen LogP contribution is -2.43. The summed E-state index contributed by atoms with van der Waals surface area (Å²) in [5.41, 5.74) is 0. The van der Waals surface area contributed by atoms with Crippen LogP contribution < -0.4 is 10.6 Å². The average Bonchev–Trinajstić information content (AvgIpc) is 2.39. The van der Waals surface area contributed by atoms with Gasteiger partial charge in [-0.3, -0.25) is 4.99 Å². The maximum Gasteiger partial charge on any atom is 0.191 e. The van der Waals surface area contributed by atoms with Crippen LogP contribution in [0, 0.1) is 5.92 Å². The fourth-order valence-corrected chi connectivity index (χ4v) is 2.22. The first-order chi connectivity index (χ1) is 8.76. The lowest BCUT2D eigenvalue weighted by atomic mass is 9.99. The molecule has 1 fully saturated rings. The van der Waals surface area contributed by atoms with Crippen molar-refractivity contribution in [2.24, 2.45) is 10.9 Å². The molecule has 4 nitrogen and oxygen atoms in total. The molecule has 0 unspecified atom stereocenters. The van der Waals surface area contributed by atoms with Crippen molar-refractivity contribution in [1.29, 1.82) is 0 Å². The van der Waals surface area contributed by atoms with Crippen LogP contribution in [0.25, 0.3) is 0 Å². The molecule has 0 atom stereocenters. The third kappa shape index (κ3) is 8.68. The van der Waals surface area contributed by atoms with E-state index in [1.54, 1.807) is 0 Å². The van der Waals surface area contributed by atoms with E-state index in [0.717, 1.165) is 31.5 Å². The van der Waals surface area contributed by atoms with E-state index in [2.05, 4.69) is 34.4 Å². The summed E-state index contributed by atoms with van der Waals surface area (Å²) in [6.45, 7) is 10.2. The van der Waals surface area contributed by atoms with Crippen LogP contribution in [-0.4, -0.2) is 50.6 Å². The highest BCUT2D eigenvalue weighted by molar-refractivity contribution is 14.0. The Morgan fingerprint density at radius 1 is 1.21 bits per heavy atom. The Bertz CT molecular complexity index is 238. The normalized spacial score (nSPS) is 17.9. The second-order valence-electron chi connectivity index (χ2n) is 5.30. The summed E-state index contributed by atoms with van der Waals surface area (Å²) in [4.78, 5) is 6.78. The van der Waals surface area contributed by atoms with E-state index in [4.69, 9.17) is 0 Å². The summed E-state index contributed by atoms with van der Waals surface area (Å²) in [5.74, 6) is 1.85. The van der Waals surface area contributed by atoms with E-state index < -0.39 is 0 Å². The molecule has 0 amide bonds. The van der Waals surface area contributed by atoms with Crippen molar-refractivity contribution in [1.82, 2.24) is 15.5 Å². The Labute approximate surface area is 135 Å². The van der Waals surface area contributed by atoms with Crippen molar-refractivity contribution in [3.05, 3.63) is 0 Å². The molecule has 0 saturated carbocycles. The standard InChI is InChI=1S/C14H30N4.HI/c1-4-5-8-16-14(15-3)17-9-12-18-10-6-13(2)7-11-18;/h13H,4-12H2,1-3H3,(H2,15,16,17);1H. The largest absolute Gasteiger partial charge is 0.356 e. The van der Waals surface area contributed by atoms with Crippen molar-refractivity contribution < 1.29 is 0 Å². The first kappa shape index (κ1) is 19.0. The number of rotatable bonds is 6. The Balaban J connectivity index is 0.00000324. The topological polar surface area (TPSA) is 39.7 Å². The molecule has 0 aromatic heterocycles. The fraction of sp³-hybridized carbons (Fsp3) is 0.929. The zero-order chi connectivity index (χ0) is 13.2. The number of unbranched alkanes of at least 4 members (excludes halogenated alkanes) is 1. The first-order valence-corrected chi connectivity index (χ1v) is 7.43. The number of hydrogen-bond donors (Lipinski definition) is 2. The maximum atomic E-state index is 4.23. The molecule has 0 bridgehead atoms. The lowest BCUT2D eigenvalue weighted by molar-refractivity contribution is 0.195. The second-order valence-corrected chi connectivity index (χ2v) is 5.30. The van der Waals surface area contributed by atoms with Gasteiger partial charge in [0.25, 0.3) is 0 Å². The van der Waals surface area contributed by atoms with E-state index in [-0.39, 0.29) is 24.0 Å². The molecule has 1 aliphatic rings. The molecule has 0 aromatic rings. The molecule has 0 radical (unpaired) electrons. The zero-order valence-corrected chi connectivity index (χ0v) is 15.1. The molecule has 0 spiro atoms. The summed E-state index contributed by atoms with van der Waals surface area (Å²) < 4.78 is 0. The number of hydrogen-bond acceptors (Lipinski definition) is 2. The Morgan fingerprint density at radius 3 is 2.42 bits per heavy atom. The van der Waals surface area contributed by atoms with E-state index in [9.17, 15) is 0 Å². The summed E-state index contributed by atoms with van der Waals surface area (Å²) in [6, 6.07) is 0. The van der Waals surface area contributed by atoms with Crippen LogP contribution in [0.3, 0.4) is 0 Å². The van der Waals surface area contributed by atoms with Gasteiger partial charge >= 0.3 is 0 Å². The van der Waals surface area contributed by atoms with Gasteiger partial charge in [-0.05, 0) is 38.3 Å². The molecular weight excluding hydrogens is 351 g/mol. The molecule has 1 rings (SSSR count). The van der Waals surface area contributed by atoms with E-state index in [1.165, 1.54) is 38.8 Å². The Kier molecular flexibility index (Phi) is 11.7. The van der Waals surface area contributed by atoms with Crippen LogP contribution in [-0.2, 0) is 0 Å². The van der Waals surface area contributed by atoms with Gasteiger partial charge in [-0.15, -0.1) is 24.0 Å². The number of nitrogens with zero attached hydrogens (tertiary/aromatic N) is 2. The van der Waals surface area contributed by atoms with Gasteiger partial charge in [-0.25, -0.2) is 0 Å². The Hall–Kier alpha value is -0.0400. The van der Waals surface area contributed by atoms with Crippen molar-refractivity contribution in [3.8, 4) is 0 Å². The minimum Gasteiger partial charge on any atom is -0.356 e. The molecule has 0 aromatic carbocycles. The molecule has 1 saturated heterocycles. The van der Waals surface area contributed by atoms with Gasteiger partial charge in [0.05, 0.1) is 0 Å². The molecule has 114 valence electrons.